The molecule has 1 aromatic heterocycles. The van der Waals surface area contributed by atoms with Crippen LogP contribution in [0, 0.1) is 0 Å². The Morgan fingerprint density at radius 1 is 1.17 bits per heavy atom. The number of hydrogen-bond donors (Lipinski definition) is 0. The van der Waals surface area contributed by atoms with Crippen LogP contribution in [-0.2, 0) is 0 Å². The summed E-state index contributed by atoms with van der Waals surface area (Å²) < 4.78 is 0. The van der Waals surface area contributed by atoms with Gasteiger partial charge in [0.2, 0.25) is 0 Å². The van der Waals surface area contributed by atoms with E-state index in [1.165, 1.54) is 37.7 Å². The molecule has 1 heterocycles. The number of hydrogen-bond acceptors (Lipinski definition) is 2. The lowest BCUT2D eigenvalue weighted by molar-refractivity contribution is 0.112. The highest BCUT2D eigenvalue weighted by Gasteiger charge is 2.16. The van der Waals surface area contributed by atoms with Crippen LogP contribution in [0.1, 0.15) is 53.9 Å². The molecule has 0 N–H and O–H groups in total. The molecule has 1 saturated carbocycles. The quantitative estimate of drug-likeness (QED) is 0.739. The summed E-state index contributed by atoms with van der Waals surface area (Å²) in [7, 11) is 0. The molecule has 3 rings (SSSR count). The maximum atomic E-state index is 11.1. The van der Waals surface area contributed by atoms with Crippen molar-refractivity contribution in [3.63, 3.8) is 0 Å². The van der Waals surface area contributed by atoms with Gasteiger partial charge < -0.3 is 0 Å². The number of benzene rings is 1. The first-order chi connectivity index (χ1) is 8.88. The highest BCUT2D eigenvalue weighted by atomic mass is 16.1. The number of aromatic nitrogens is 1. The minimum absolute atomic E-state index is 0.635. The predicted molar refractivity (Wildman–Crippen MR) is 73.0 cm³/mol. The molecule has 0 bridgehead atoms. The van der Waals surface area contributed by atoms with Gasteiger partial charge in [-0.3, -0.25) is 9.78 Å². The average molecular weight is 239 g/mol. The first kappa shape index (κ1) is 11.4. The predicted octanol–water partition coefficient (Wildman–Crippen LogP) is 4.10. The molecule has 0 amide bonds. The van der Waals surface area contributed by atoms with Crippen LogP contribution in [0.5, 0.6) is 0 Å². The topological polar surface area (TPSA) is 30.0 Å². The van der Waals surface area contributed by atoms with E-state index in [0.29, 0.717) is 5.92 Å². The molecule has 0 spiro atoms. The van der Waals surface area contributed by atoms with E-state index in [1.54, 1.807) is 0 Å². The van der Waals surface area contributed by atoms with Gasteiger partial charge in [-0.25, -0.2) is 0 Å². The van der Waals surface area contributed by atoms with E-state index in [0.717, 1.165) is 22.8 Å². The Bertz CT molecular complexity index is 570. The number of aldehydes is 1. The van der Waals surface area contributed by atoms with Crippen LogP contribution in [-0.4, -0.2) is 11.3 Å². The summed E-state index contributed by atoms with van der Waals surface area (Å²) in [6, 6.07) is 7.88. The van der Waals surface area contributed by atoms with Crippen molar-refractivity contribution in [3.8, 4) is 0 Å². The number of fused-ring (bicyclic) bond motifs is 1. The lowest BCUT2D eigenvalue weighted by Gasteiger charge is -2.21. The third kappa shape index (κ3) is 2.03. The SMILES string of the molecule is O=Cc1cccc2ncc(C3CCCCC3)cc12. The Balaban J connectivity index is 2.06. The van der Waals surface area contributed by atoms with Gasteiger partial charge in [-0.2, -0.15) is 0 Å². The Morgan fingerprint density at radius 3 is 2.78 bits per heavy atom. The fourth-order valence-corrected chi connectivity index (χ4v) is 2.95. The minimum atomic E-state index is 0.635. The largest absolute Gasteiger partial charge is 0.298 e. The number of nitrogens with zero attached hydrogens (tertiary/aromatic N) is 1. The van der Waals surface area contributed by atoms with Gasteiger partial charge in [0.25, 0.3) is 0 Å². The molecule has 92 valence electrons. The zero-order valence-corrected chi connectivity index (χ0v) is 10.4. The smallest absolute Gasteiger partial charge is 0.150 e. The van der Waals surface area contributed by atoms with Gasteiger partial charge in [0.1, 0.15) is 0 Å². The summed E-state index contributed by atoms with van der Waals surface area (Å²) in [5.74, 6) is 0.635. The van der Waals surface area contributed by atoms with Crippen LogP contribution in [0.3, 0.4) is 0 Å². The Kier molecular flexibility index (Phi) is 3.09. The van der Waals surface area contributed by atoms with Crippen LogP contribution in [0.15, 0.2) is 30.5 Å². The summed E-state index contributed by atoms with van der Waals surface area (Å²) in [5, 5.41) is 0.996. The molecule has 0 saturated heterocycles. The summed E-state index contributed by atoms with van der Waals surface area (Å²) in [4.78, 5) is 15.6. The van der Waals surface area contributed by atoms with Crippen molar-refractivity contribution in [1.29, 1.82) is 0 Å². The number of pyridine rings is 1. The third-order valence-electron chi connectivity index (χ3n) is 3.98. The van der Waals surface area contributed by atoms with Gasteiger partial charge in [0.05, 0.1) is 5.52 Å². The van der Waals surface area contributed by atoms with Crippen LogP contribution in [0.2, 0.25) is 0 Å². The van der Waals surface area contributed by atoms with E-state index >= 15 is 0 Å². The average Bonchev–Trinajstić information content (AvgIpc) is 2.47. The molecule has 1 aromatic carbocycles. The van der Waals surface area contributed by atoms with Crippen molar-refractivity contribution >= 4 is 17.2 Å². The van der Waals surface area contributed by atoms with Crippen molar-refractivity contribution < 1.29 is 4.79 Å². The molecule has 18 heavy (non-hydrogen) atoms. The van der Waals surface area contributed by atoms with E-state index in [2.05, 4.69) is 11.1 Å². The second-order valence-corrected chi connectivity index (χ2v) is 5.14. The second-order valence-electron chi connectivity index (χ2n) is 5.14. The van der Waals surface area contributed by atoms with Crippen molar-refractivity contribution in [3.05, 3.63) is 41.6 Å². The molecule has 2 nitrogen and oxygen atoms in total. The number of rotatable bonds is 2. The van der Waals surface area contributed by atoms with Gasteiger partial charge in [-0.15, -0.1) is 0 Å². The summed E-state index contributed by atoms with van der Waals surface area (Å²) in [6.07, 6.45) is 9.43. The van der Waals surface area contributed by atoms with E-state index in [-0.39, 0.29) is 0 Å². The molecule has 2 heteroatoms. The monoisotopic (exact) mass is 239 g/mol. The van der Waals surface area contributed by atoms with Gasteiger partial charge in [0.15, 0.2) is 6.29 Å². The molecular formula is C16H17NO. The Hall–Kier alpha value is -1.70. The Morgan fingerprint density at radius 2 is 2.00 bits per heavy atom. The van der Waals surface area contributed by atoms with Gasteiger partial charge in [-0.05, 0) is 36.5 Å². The maximum absolute atomic E-state index is 11.1. The number of carbonyl (C=O) groups excluding carboxylic acids is 1. The normalized spacial score (nSPS) is 16.9. The maximum Gasteiger partial charge on any atom is 0.150 e. The van der Waals surface area contributed by atoms with Crippen LogP contribution in [0.25, 0.3) is 10.9 Å². The molecular weight excluding hydrogens is 222 g/mol. The Labute approximate surface area is 107 Å². The second kappa shape index (κ2) is 4.89. The molecule has 2 aromatic rings. The van der Waals surface area contributed by atoms with Crippen molar-refractivity contribution in [1.82, 2.24) is 4.98 Å². The van der Waals surface area contributed by atoms with Gasteiger partial charge >= 0.3 is 0 Å². The van der Waals surface area contributed by atoms with E-state index in [9.17, 15) is 4.79 Å². The van der Waals surface area contributed by atoms with Crippen LogP contribution >= 0.6 is 0 Å². The fraction of sp³-hybridized carbons (Fsp3) is 0.375. The van der Waals surface area contributed by atoms with Crippen LogP contribution in [0.4, 0.5) is 0 Å². The zero-order valence-electron chi connectivity index (χ0n) is 10.4. The lowest BCUT2D eigenvalue weighted by Crippen LogP contribution is -2.05. The fourth-order valence-electron chi connectivity index (χ4n) is 2.95. The molecule has 0 aliphatic heterocycles. The lowest BCUT2D eigenvalue weighted by atomic mass is 9.84. The summed E-state index contributed by atoms with van der Waals surface area (Å²) in [5.41, 5.74) is 2.97. The van der Waals surface area contributed by atoms with Gasteiger partial charge in [0, 0.05) is 17.1 Å². The molecule has 0 radical (unpaired) electrons. The van der Waals surface area contributed by atoms with Gasteiger partial charge in [-0.1, -0.05) is 31.4 Å². The molecule has 1 aliphatic carbocycles. The molecule has 0 atom stereocenters. The van der Waals surface area contributed by atoms with E-state index in [4.69, 9.17) is 0 Å². The highest BCUT2D eigenvalue weighted by molar-refractivity contribution is 5.96. The summed E-state index contributed by atoms with van der Waals surface area (Å²) in [6.45, 7) is 0. The van der Waals surface area contributed by atoms with E-state index in [1.807, 2.05) is 24.4 Å². The van der Waals surface area contributed by atoms with Crippen LogP contribution < -0.4 is 0 Å². The molecule has 0 unspecified atom stereocenters. The number of carbonyl (C=O) groups is 1. The zero-order chi connectivity index (χ0) is 12.4. The highest BCUT2D eigenvalue weighted by Crippen LogP contribution is 2.33. The molecule has 1 aliphatic rings. The van der Waals surface area contributed by atoms with E-state index < -0.39 is 0 Å². The first-order valence-electron chi connectivity index (χ1n) is 6.72. The van der Waals surface area contributed by atoms with Crippen molar-refractivity contribution in [2.75, 3.05) is 0 Å². The molecule has 1 fully saturated rings. The van der Waals surface area contributed by atoms with Crippen molar-refractivity contribution in [2.24, 2.45) is 0 Å². The summed E-state index contributed by atoms with van der Waals surface area (Å²) >= 11 is 0. The first-order valence-corrected chi connectivity index (χ1v) is 6.72. The standard InChI is InChI=1S/C16H17NO/c18-11-13-7-4-8-16-15(13)9-14(10-17-16)12-5-2-1-3-6-12/h4,7-12H,1-3,5-6H2. The third-order valence-corrected chi connectivity index (χ3v) is 3.98. The minimum Gasteiger partial charge on any atom is -0.298 e. The van der Waals surface area contributed by atoms with Crippen molar-refractivity contribution in [2.45, 2.75) is 38.0 Å².